The number of aromatic nitrogens is 5. The molecule has 2 atom stereocenters. The first kappa shape index (κ1) is 28.3. The SMILES string of the molecule is CCOC(=O)c1cnn(-c2cccc(-c3cccc(OCc4ccc(-c5ccccc5)cc4)c3)c2)c1[C@@H]1C[C@@H]1c1cn(C)nn1. The molecule has 0 unspecified atom stereocenters. The summed E-state index contributed by atoms with van der Waals surface area (Å²) in [4.78, 5) is 12.9. The Hall–Kier alpha value is -5.50. The molecule has 6 aromatic rings. The average Bonchev–Trinajstić information content (AvgIpc) is 3.53. The molecule has 0 N–H and O–H groups in total. The molecule has 0 amide bonds. The molecule has 1 fully saturated rings. The lowest BCUT2D eigenvalue weighted by Crippen LogP contribution is -2.09. The third-order valence-electron chi connectivity index (χ3n) is 8.17. The van der Waals surface area contributed by atoms with Gasteiger partial charge in [-0.25, -0.2) is 9.48 Å². The van der Waals surface area contributed by atoms with Gasteiger partial charge in [0, 0.05) is 25.1 Å². The van der Waals surface area contributed by atoms with Crippen LogP contribution >= 0.6 is 0 Å². The van der Waals surface area contributed by atoms with Gasteiger partial charge >= 0.3 is 5.97 Å². The molecule has 2 heterocycles. The molecule has 0 radical (unpaired) electrons. The Kier molecular flexibility index (Phi) is 7.69. The summed E-state index contributed by atoms with van der Waals surface area (Å²) in [5, 5.41) is 13.1. The summed E-state index contributed by atoms with van der Waals surface area (Å²) in [6, 6.07) is 35.1. The molecule has 0 spiro atoms. The summed E-state index contributed by atoms with van der Waals surface area (Å²) in [6.07, 6.45) is 4.42. The standard InChI is InChI=1S/C37H33N5O3/c1-3-44-37(43)34-22-38-42(36(34)33-21-32(33)35-23-41(2)40-39-35)30-13-7-11-28(19-30)29-12-8-14-31(20-29)45-24-25-15-17-27(18-16-25)26-9-5-4-6-10-26/h4-20,22-23,32-33H,3,21,24H2,1-2H3/t32-,33+/m0/s1. The summed E-state index contributed by atoms with van der Waals surface area (Å²) in [5.41, 5.74) is 8.65. The van der Waals surface area contributed by atoms with E-state index in [2.05, 4.69) is 76.1 Å². The number of carbonyl (C=O) groups is 1. The second kappa shape index (κ2) is 12.2. The van der Waals surface area contributed by atoms with Crippen molar-refractivity contribution < 1.29 is 14.3 Å². The number of aryl methyl sites for hydroxylation is 1. The number of hydrogen-bond acceptors (Lipinski definition) is 6. The fourth-order valence-electron chi connectivity index (χ4n) is 5.82. The fourth-order valence-corrected chi connectivity index (χ4v) is 5.82. The Balaban J connectivity index is 1.12. The molecule has 8 nitrogen and oxygen atoms in total. The predicted octanol–water partition coefficient (Wildman–Crippen LogP) is 7.36. The number of benzene rings is 4. The average molecular weight is 596 g/mol. The van der Waals surface area contributed by atoms with Crippen LogP contribution in [0.2, 0.25) is 0 Å². The molecule has 1 aliphatic carbocycles. The van der Waals surface area contributed by atoms with Crippen molar-refractivity contribution in [2.24, 2.45) is 7.05 Å². The van der Waals surface area contributed by atoms with E-state index in [4.69, 9.17) is 9.47 Å². The van der Waals surface area contributed by atoms with Crippen molar-refractivity contribution in [3.8, 4) is 33.7 Å². The molecule has 0 bridgehead atoms. The minimum Gasteiger partial charge on any atom is -0.489 e. The summed E-state index contributed by atoms with van der Waals surface area (Å²) < 4.78 is 15.2. The number of rotatable bonds is 10. The first-order chi connectivity index (χ1) is 22.1. The molecule has 45 heavy (non-hydrogen) atoms. The largest absolute Gasteiger partial charge is 0.489 e. The van der Waals surface area contributed by atoms with Crippen LogP contribution in [0.25, 0.3) is 27.9 Å². The number of esters is 1. The lowest BCUT2D eigenvalue weighted by molar-refractivity contribution is 0.0525. The van der Waals surface area contributed by atoms with Crippen LogP contribution in [0.1, 0.15) is 52.5 Å². The molecule has 0 saturated heterocycles. The lowest BCUT2D eigenvalue weighted by atomic mass is 10.0. The topological polar surface area (TPSA) is 84.1 Å². The van der Waals surface area contributed by atoms with Crippen molar-refractivity contribution in [2.75, 3.05) is 6.61 Å². The van der Waals surface area contributed by atoms with Gasteiger partial charge in [-0.3, -0.25) is 4.68 Å². The minimum atomic E-state index is -0.362. The highest BCUT2D eigenvalue weighted by Gasteiger charge is 2.46. The van der Waals surface area contributed by atoms with Gasteiger partial charge in [-0.05, 0) is 65.4 Å². The molecule has 1 saturated carbocycles. The Labute approximate surface area is 261 Å². The maximum atomic E-state index is 12.9. The van der Waals surface area contributed by atoms with Crippen molar-refractivity contribution in [3.05, 3.63) is 138 Å². The van der Waals surface area contributed by atoms with E-state index < -0.39 is 0 Å². The van der Waals surface area contributed by atoms with Crippen LogP contribution in [0.4, 0.5) is 0 Å². The van der Waals surface area contributed by atoms with E-state index >= 15 is 0 Å². The Morgan fingerprint density at radius 1 is 0.844 bits per heavy atom. The Bertz CT molecular complexity index is 1940. The molecule has 0 aliphatic heterocycles. The van der Waals surface area contributed by atoms with Crippen molar-refractivity contribution in [1.82, 2.24) is 24.8 Å². The summed E-state index contributed by atoms with van der Waals surface area (Å²) in [6.45, 7) is 2.58. The van der Waals surface area contributed by atoms with Crippen molar-refractivity contribution in [1.29, 1.82) is 0 Å². The van der Waals surface area contributed by atoms with Gasteiger partial charge in [-0.2, -0.15) is 5.10 Å². The zero-order valence-corrected chi connectivity index (χ0v) is 25.2. The highest BCUT2D eigenvalue weighted by molar-refractivity contribution is 5.91. The monoisotopic (exact) mass is 595 g/mol. The molecule has 7 rings (SSSR count). The Morgan fingerprint density at radius 3 is 2.33 bits per heavy atom. The number of carbonyl (C=O) groups excluding carboxylic acids is 1. The zero-order chi connectivity index (χ0) is 30.8. The quantitative estimate of drug-likeness (QED) is 0.154. The van der Waals surface area contributed by atoms with E-state index in [0.29, 0.717) is 18.8 Å². The van der Waals surface area contributed by atoms with Crippen LogP contribution in [0.5, 0.6) is 5.75 Å². The summed E-state index contributed by atoms with van der Waals surface area (Å²) in [5.74, 6) is 0.693. The normalized spacial score (nSPS) is 15.5. The second-order valence-electron chi connectivity index (χ2n) is 11.3. The van der Waals surface area contributed by atoms with Crippen LogP contribution in [-0.4, -0.2) is 37.4 Å². The van der Waals surface area contributed by atoms with Gasteiger partial charge in [0.05, 0.1) is 29.9 Å². The number of nitrogens with zero attached hydrogens (tertiary/aromatic N) is 5. The lowest BCUT2D eigenvalue weighted by Gasteiger charge is -2.12. The molecular formula is C37H33N5O3. The van der Waals surface area contributed by atoms with Crippen LogP contribution in [0.3, 0.4) is 0 Å². The maximum Gasteiger partial charge on any atom is 0.341 e. The van der Waals surface area contributed by atoms with Gasteiger partial charge in [0.2, 0.25) is 0 Å². The zero-order valence-electron chi connectivity index (χ0n) is 25.2. The smallest absolute Gasteiger partial charge is 0.341 e. The molecular weight excluding hydrogens is 562 g/mol. The van der Waals surface area contributed by atoms with Crippen LogP contribution in [0, 0.1) is 0 Å². The number of hydrogen-bond donors (Lipinski definition) is 0. The van der Waals surface area contributed by atoms with E-state index in [0.717, 1.165) is 45.9 Å². The van der Waals surface area contributed by atoms with E-state index in [1.807, 2.05) is 67.3 Å². The highest BCUT2D eigenvalue weighted by Crippen LogP contribution is 2.55. The molecule has 4 aromatic carbocycles. The minimum absolute atomic E-state index is 0.0887. The first-order valence-corrected chi connectivity index (χ1v) is 15.2. The summed E-state index contributed by atoms with van der Waals surface area (Å²) >= 11 is 0. The van der Waals surface area contributed by atoms with Gasteiger partial charge in [0.15, 0.2) is 0 Å². The molecule has 2 aromatic heterocycles. The van der Waals surface area contributed by atoms with Crippen molar-refractivity contribution in [2.45, 2.75) is 31.8 Å². The van der Waals surface area contributed by atoms with Crippen molar-refractivity contribution in [3.63, 3.8) is 0 Å². The van der Waals surface area contributed by atoms with Gasteiger partial charge in [-0.15, -0.1) is 5.10 Å². The molecule has 1 aliphatic rings. The van der Waals surface area contributed by atoms with Gasteiger partial charge in [0.1, 0.15) is 17.9 Å². The fraction of sp³-hybridized carbons (Fsp3) is 0.189. The van der Waals surface area contributed by atoms with E-state index in [1.54, 1.807) is 10.9 Å². The second-order valence-corrected chi connectivity index (χ2v) is 11.3. The van der Waals surface area contributed by atoms with Crippen LogP contribution < -0.4 is 4.74 Å². The van der Waals surface area contributed by atoms with Crippen molar-refractivity contribution >= 4 is 5.97 Å². The number of ether oxygens (including phenoxy) is 2. The Morgan fingerprint density at radius 2 is 1.58 bits per heavy atom. The highest BCUT2D eigenvalue weighted by atomic mass is 16.5. The van der Waals surface area contributed by atoms with Crippen LogP contribution in [0.15, 0.2) is 116 Å². The maximum absolute atomic E-state index is 12.9. The van der Waals surface area contributed by atoms with E-state index in [1.165, 1.54) is 11.1 Å². The molecule has 224 valence electrons. The van der Waals surface area contributed by atoms with Gasteiger partial charge < -0.3 is 9.47 Å². The molecule has 8 heteroatoms. The van der Waals surface area contributed by atoms with Gasteiger partial charge in [0.25, 0.3) is 0 Å². The van der Waals surface area contributed by atoms with Crippen LogP contribution in [-0.2, 0) is 18.4 Å². The third-order valence-corrected chi connectivity index (χ3v) is 8.17. The summed E-state index contributed by atoms with van der Waals surface area (Å²) in [7, 11) is 1.86. The predicted molar refractivity (Wildman–Crippen MR) is 172 cm³/mol. The van der Waals surface area contributed by atoms with E-state index in [9.17, 15) is 4.79 Å². The third kappa shape index (κ3) is 5.99. The first-order valence-electron chi connectivity index (χ1n) is 15.2. The van der Waals surface area contributed by atoms with E-state index in [-0.39, 0.29) is 17.8 Å². The van der Waals surface area contributed by atoms with Gasteiger partial charge in [-0.1, -0.05) is 84.1 Å².